The molecule has 0 unspecified atom stereocenters. The number of benzene rings is 1. The zero-order chi connectivity index (χ0) is 23.1. The van der Waals surface area contributed by atoms with E-state index in [0.717, 1.165) is 47.6 Å². The van der Waals surface area contributed by atoms with E-state index >= 15 is 0 Å². The number of pyridine rings is 3. The van der Waals surface area contributed by atoms with E-state index in [-0.39, 0.29) is 11.7 Å². The number of aryl methyl sites for hydroxylation is 1. The SMILES string of the molecule is Cn1c(=O)n(C2CCCC2)c2cc(Nc3cccc(Oc4ccc5ncccc5c4)n3)ncc21. The van der Waals surface area contributed by atoms with Crippen molar-refractivity contribution in [2.75, 3.05) is 5.32 Å². The topological polar surface area (TPSA) is 86.9 Å². The first-order valence-corrected chi connectivity index (χ1v) is 11.5. The molecule has 0 aliphatic heterocycles. The molecule has 1 fully saturated rings. The van der Waals surface area contributed by atoms with Crippen LogP contribution < -0.4 is 15.7 Å². The number of anilines is 2. The molecule has 4 heterocycles. The summed E-state index contributed by atoms with van der Waals surface area (Å²) >= 11 is 0. The summed E-state index contributed by atoms with van der Waals surface area (Å²) in [5.41, 5.74) is 2.66. The Kier molecular flexibility index (Phi) is 4.98. The lowest BCUT2D eigenvalue weighted by atomic mass is 10.2. The third-order valence-electron chi connectivity index (χ3n) is 6.44. The van der Waals surface area contributed by atoms with Gasteiger partial charge in [-0.25, -0.2) is 9.78 Å². The van der Waals surface area contributed by atoms with Gasteiger partial charge in [0.05, 0.1) is 22.7 Å². The molecule has 6 rings (SSSR count). The maximum Gasteiger partial charge on any atom is 0.329 e. The van der Waals surface area contributed by atoms with Crippen LogP contribution in [0.1, 0.15) is 31.7 Å². The molecule has 0 bridgehead atoms. The number of nitrogens with zero attached hydrogens (tertiary/aromatic N) is 5. The summed E-state index contributed by atoms with van der Waals surface area (Å²) < 4.78 is 9.60. The van der Waals surface area contributed by atoms with Crippen molar-refractivity contribution in [2.24, 2.45) is 7.05 Å². The highest BCUT2D eigenvalue weighted by atomic mass is 16.5. The number of aromatic nitrogens is 5. The van der Waals surface area contributed by atoms with E-state index in [1.807, 2.05) is 59.2 Å². The molecular weight excluding hydrogens is 428 g/mol. The summed E-state index contributed by atoms with van der Waals surface area (Å²) in [6.45, 7) is 0. The second-order valence-electron chi connectivity index (χ2n) is 8.65. The van der Waals surface area contributed by atoms with Crippen molar-refractivity contribution in [3.05, 3.63) is 77.5 Å². The van der Waals surface area contributed by atoms with Crippen LogP contribution in [0.25, 0.3) is 21.9 Å². The predicted molar refractivity (Wildman–Crippen MR) is 132 cm³/mol. The van der Waals surface area contributed by atoms with E-state index < -0.39 is 0 Å². The number of ether oxygens (including phenoxy) is 1. The number of fused-ring (bicyclic) bond motifs is 2. The van der Waals surface area contributed by atoms with Crippen LogP contribution in [0.2, 0.25) is 0 Å². The first kappa shape index (κ1) is 20.4. The number of hydrogen-bond acceptors (Lipinski definition) is 6. The molecule has 0 atom stereocenters. The summed E-state index contributed by atoms with van der Waals surface area (Å²) in [5.74, 6) is 2.40. The minimum atomic E-state index is 0.0138. The second-order valence-corrected chi connectivity index (χ2v) is 8.65. The molecule has 1 N–H and O–H groups in total. The number of rotatable bonds is 5. The van der Waals surface area contributed by atoms with Crippen LogP contribution in [0, 0.1) is 0 Å². The normalized spacial score (nSPS) is 14.1. The van der Waals surface area contributed by atoms with Gasteiger partial charge in [0.2, 0.25) is 5.88 Å². The van der Waals surface area contributed by atoms with E-state index in [1.54, 1.807) is 24.0 Å². The standard InChI is InChI=1S/C26H24N6O2/c1-31-22-16-28-24(15-21(22)32(26(31)33)18-7-2-3-8-18)29-23-9-4-10-25(30-23)34-19-11-12-20-17(14-19)6-5-13-27-20/h4-6,9-16,18H,2-3,7-8H2,1H3,(H,28,29,30). The molecule has 1 saturated carbocycles. The zero-order valence-electron chi connectivity index (χ0n) is 18.8. The van der Waals surface area contributed by atoms with Gasteiger partial charge in [0.15, 0.2) is 0 Å². The summed E-state index contributed by atoms with van der Waals surface area (Å²) in [6.07, 6.45) is 7.91. The quantitative estimate of drug-likeness (QED) is 0.388. The molecule has 0 saturated heterocycles. The largest absolute Gasteiger partial charge is 0.439 e. The highest BCUT2D eigenvalue weighted by molar-refractivity contribution is 5.80. The Hall–Kier alpha value is -4.20. The fourth-order valence-corrected chi connectivity index (χ4v) is 4.75. The number of nitrogens with one attached hydrogen (secondary N) is 1. The number of hydrogen-bond donors (Lipinski definition) is 1. The number of imidazole rings is 1. The van der Waals surface area contributed by atoms with Gasteiger partial charge in [0.25, 0.3) is 0 Å². The summed E-state index contributed by atoms with van der Waals surface area (Å²) in [6, 6.07) is 17.4. The molecule has 4 aromatic heterocycles. The van der Waals surface area contributed by atoms with E-state index in [4.69, 9.17) is 4.74 Å². The predicted octanol–water partition coefficient (Wildman–Crippen LogP) is 5.33. The van der Waals surface area contributed by atoms with Crippen molar-refractivity contribution in [1.82, 2.24) is 24.1 Å². The fourth-order valence-electron chi connectivity index (χ4n) is 4.75. The average Bonchev–Trinajstić information content (AvgIpc) is 3.46. The van der Waals surface area contributed by atoms with E-state index in [1.165, 1.54) is 0 Å². The van der Waals surface area contributed by atoms with Gasteiger partial charge in [-0.2, -0.15) is 4.98 Å². The molecule has 5 aromatic rings. The van der Waals surface area contributed by atoms with Crippen LogP contribution in [-0.2, 0) is 7.05 Å². The van der Waals surface area contributed by atoms with Crippen LogP contribution >= 0.6 is 0 Å². The molecule has 0 spiro atoms. The monoisotopic (exact) mass is 452 g/mol. The van der Waals surface area contributed by atoms with Gasteiger partial charge in [-0.15, -0.1) is 0 Å². The minimum absolute atomic E-state index is 0.0138. The summed E-state index contributed by atoms with van der Waals surface area (Å²) in [5, 5.41) is 4.26. The molecule has 8 heteroatoms. The van der Waals surface area contributed by atoms with E-state index in [9.17, 15) is 4.79 Å². The van der Waals surface area contributed by atoms with Crippen LogP contribution in [0.3, 0.4) is 0 Å². The Balaban J connectivity index is 1.28. The van der Waals surface area contributed by atoms with Crippen molar-refractivity contribution in [3.63, 3.8) is 0 Å². The van der Waals surface area contributed by atoms with Crippen molar-refractivity contribution >= 4 is 33.6 Å². The Morgan fingerprint density at radius 3 is 2.74 bits per heavy atom. The lowest BCUT2D eigenvalue weighted by Crippen LogP contribution is -2.24. The van der Waals surface area contributed by atoms with Gasteiger partial charge < -0.3 is 10.1 Å². The molecule has 170 valence electrons. The maximum absolute atomic E-state index is 12.9. The van der Waals surface area contributed by atoms with Gasteiger partial charge in [-0.1, -0.05) is 25.0 Å². The smallest absolute Gasteiger partial charge is 0.329 e. The van der Waals surface area contributed by atoms with Crippen LogP contribution in [0.5, 0.6) is 11.6 Å². The molecule has 34 heavy (non-hydrogen) atoms. The molecule has 1 aliphatic rings. The van der Waals surface area contributed by atoms with Crippen molar-refractivity contribution in [2.45, 2.75) is 31.7 Å². The van der Waals surface area contributed by atoms with Crippen LogP contribution in [0.4, 0.5) is 11.6 Å². The van der Waals surface area contributed by atoms with Gasteiger partial charge in [-0.05, 0) is 43.2 Å². The fraction of sp³-hybridized carbons (Fsp3) is 0.231. The lowest BCUT2D eigenvalue weighted by Gasteiger charge is -2.12. The first-order valence-electron chi connectivity index (χ1n) is 11.5. The van der Waals surface area contributed by atoms with Gasteiger partial charge >= 0.3 is 5.69 Å². The minimum Gasteiger partial charge on any atom is -0.439 e. The molecule has 0 amide bonds. The zero-order valence-corrected chi connectivity index (χ0v) is 18.8. The molecule has 0 radical (unpaired) electrons. The molecule has 1 aromatic carbocycles. The summed E-state index contributed by atoms with van der Waals surface area (Å²) in [7, 11) is 1.80. The first-order chi connectivity index (χ1) is 16.7. The highest BCUT2D eigenvalue weighted by Gasteiger charge is 2.23. The summed E-state index contributed by atoms with van der Waals surface area (Å²) in [4.78, 5) is 26.3. The van der Waals surface area contributed by atoms with Crippen LogP contribution in [0.15, 0.2) is 71.8 Å². The lowest BCUT2D eigenvalue weighted by molar-refractivity contribution is 0.464. The van der Waals surface area contributed by atoms with Crippen molar-refractivity contribution in [3.8, 4) is 11.6 Å². The van der Waals surface area contributed by atoms with E-state index in [0.29, 0.717) is 23.3 Å². The third-order valence-corrected chi connectivity index (χ3v) is 6.44. The molecular formula is C26H24N6O2. The van der Waals surface area contributed by atoms with E-state index in [2.05, 4.69) is 20.3 Å². The molecule has 8 nitrogen and oxygen atoms in total. The Bertz CT molecular complexity index is 1570. The van der Waals surface area contributed by atoms with Gasteiger partial charge in [0.1, 0.15) is 17.4 Å². The highest BCUT2D eigenvalue weighted by Crippen LogP contribution is 2.32. The van der Waals surface area contributed by atoms with Crippen LogP contribution in [-0.4, -0.2) is 24.1 Å². The average molecular weight is 453 g/mol. The Morgan fingerprint density at radius 2 is 1.85 bits per heavy atom. The molecule has 1 aliphatic carbocycles. The van der Waals surface area contributed by atoms with Gasteiger partial charge in [0, 0.05) is 36.8 Å². The second kappa shape index (κ2) is 8.30. The Labute approximate surface area is 195 Å². The third kappa shape index (κ3) is 3.67. The van der Waals surface area contributed by atoms with Crippen molar-refractivity contribution in [1.29, 1.82) is 0 Å². The van der Waals surface area contributed by atoms with Gasteiger partial charge in [-0.3, -0.25) is 14.1 Å². The Morgan fingerprint density at radius 1 is 0.971 bits per heavy atom. The van der Waals surface area contributed by atoms with Crippen molar-refractivity contribution < 1.29 is 4.74 Å². The maximum atomic E-state index is 12.9.